The van der Waals surface area contributed by atoms with Gasteiger partial charge in [0.25, 0.3) is 0 Å². The van der Waals surface area contributed by atoms with Gasteiger partial charge in [-0.3, -0.25) is 0 Å². The van der Waals surface area contributed by atoms with Crippen LogP contribution in [0.15, 0.2) is 23.1 Å². The van der Waals surface area contributed by atoms with Crippen LogP contribution in [0.25, 0.3) is 0 Å². The van der Waals surface area contributed by atoms with E-state index in [4.69, 9.17) is 5.73 Å². The lowest BCUT2D eigenvalue weighted by molar-refractivity contribution is 0.528. The van der Waals surface area contributed by atoms with Crippen LogP contribution in [0.1, 0.15) is 33.6 Å². The van der Waals surface area contributed by atoms with Gasteiger partial charge in [0, 0.05) is 12.3 Å². The average Bonchev–Trinajstić information content (AvgIpc) is 2.27. The standard InChI is InChI=1S/C14H24N2O2S/c1-10(2)5-6-11(3)16-14-8-7-12(9-13(14)15)19(4,17)18/h7-11,16H,5-6,15H2,1-4H3. The molecule has 0 amide bonds. The molecule has 1 unspecified atom stereocenters. The molecule has 0 saturated heterocycles. The zero-order chi connectivity index (χ0) is 14.6. The zero-order valence-corrected chi connectivity index (χ0v) is 12.9. The summed E-state index contributed by atoms with van der Waals surface area (Å²) in [6, 6.07) is 5.14. The second-order valence-corrected chi connectivity index (χ2v) is 7.55. The highest BCUT2D eigenvalue weighted by atomic mass is 32.2. The van der Waals surface area contributed by atoms with Crippen molar-refractivity contribution in [1.82, 2.24) is 0 Å². The van der Waals surface area contributed by atoms with E-state index in [0.29, 0.717) is 17.6 Å². The van der Waals surface area contributed by atoms with Crippen LogP contribution in [-0.4, -0.2) is 20.7 Å². The molecule has 0 fully saturated rings. The number of nitrogens with two attached hydrogens (primary N) is 1. The monoisotopic (exact) mass is 284 g/mol. The quantitative estimate of drug-likeness (QED) is 0.788. The van der Waals surface area contributed by atoms with Crippen molar-refractivity contribution < 1.29 is 8.42 Å². The van der Waals surface area contributed by atoms with Gasteiger partial charge >= 0.3 is 0 Å². The Hall–Kier alpha value is -1.23. The second-order valence-electron chi connectivity index (χ2n) is 5.54. The number of sulfone groups is 1. The van der Waals surface area contributed by atoms with E-state index in [1.807, 2.05) is 0 Å². The third kappa shape index (κ3) is 5.11. The van der Waals surface area contributed by atoms with Crippen molar-refractivity contribution in [3.8, 4) is 0 Å². The van der Waals surface area contributed by atoms with Gasteiger partial charge in [-0.15, -0.1) is 0 Å². The molecule has 1 rings (SSSR count). The minimum absolute atomic E-state index is 0.255. The summed E-state index contributed by atoms with van der Waals surface area (Å²) in [5.41, 5.74) is 7.16. The molecule has 3 N–H and O–H groups in total. The maximum Gasteiger partial charge on any atom is 0.175 e. The van der Waals surface area contributed by atoms with E-state index in [9.17, 15) is 8.42 Å². The first kappa shape index (κ1) is 15.8. The maximum atomic E-state index is 11.4. The van der Waals surface area contributed by atoms with Crippen LogP contribution >= 0.6 is 0 Å². The first-order chi connectivity index (χ1) is 8.70. The number of benzene rings is 1. The summed E-state index contributed by atoms with van der Waals surface area (Å²) in [4.78, 5) is 0.255. The lowest BCUT2D eigenvalue weighted by atomic mass is 10.0. The SMILES string of the molecule is CC(C)CCC(C)Nc1ccc(S(C)(=O)=O)cc1N. The molecule has 0 aromatic heterocycles. The van der Waals surface area contributed by atoms with E-state index in [1.54, 1.807) is 12.1 Å². The van der Waals surface area contributed by atoms with Crippen LogP contribution in [-0.2, 0) is 9.84 Å². The average molecular weight is 284 g/mol. The van der Waals surface area contributed by atoms with E-state index >= 15 is 0 Å². The van der Waals surface area contributed by atoms with E-state index < -0.39 is 9.84 Å². The number of nitrogens with one attached hydrogen (secondary N) is 1. The Bertz CT molecular complexity index is 524. The summed E-state index contributed by atoms with van der Waals surface area (Å²) in [7, 11) is -3.20. The third-order valence-corrected chi connectivity index (χ3v) is 4.14. The van der Waals surface area contributed by atoms with Crippen LogP contribution in [0, 0.1) is 5.92 Å². The van der Waals surface area contributed by atoms with E-state index in [-0.39, 0.29) is 4.90 Å². The Balaban J connectivity index is 2.75. The number of hydrogen-bond donors (Lipinski definition) is 2. The largest absolute Gasteiger partial charge is 0.397 e. The minimum atomic E-state index is -3.20. The molecule has 0 spiro atoms. The molecule has 19 heavy (non-hydrogen) atoms. The van der Waals surface area contributed by atoms with Crippen molar-refractivity contribution in [3.63, 3.8) is 0 Å². The van der Waals surface area contributed by atoms with Crippen molar-refractivity contribution in [1.29, 1.82) is 0 Å². The first-order valence-electron chi connectivity index (χ1n) is 6.56. The van der Waals surface area contributed by atoms with Crippen LogP contribution in [0.4, 0.5) is 11.4 Å². The number of rotatable bonds is 6. The maximum absolute atomic E-state index is 11.4. The molecule has 0 radical (unpaired) electrons. The van der Waals surface area contributed by atoms with E-state index in [2.05, 4.69) is 26.1 Å². The summed E-state index contributed by atoms with van der Waals surface area (Å²) in [6.45, 7) is 6.50. The van der Waals surface area contributed by atoms with Crippen LogP contribution in [0.5, 0.6) is 0 Å². The van der Waals surface area contributed by atoms with Crippen molar-refractivity contribution in [2.45, 2.75) is 44.6 Å². The lowest BCUT2D eigenvalue weighted by Crippen LogP contribution is -2.17. The second kappa shape index (κ2) is 6.28. The van der Waals surface area contributed by atoms with Crippen molar-refractivity contribution in [2.24, 2.45) is 5.92 Å². The summed E-state index contributed by atoms with van der Waals surface area (Å²) in [6.07, 6.45) is 3.39. The van der Waals surface area contributed by atoms with Crippen molar-refractivity contribution in [2.75, 3.05) is 17.3 Å². The van der Waals surface area contributed by atoms with Crippen molar-refractivity contribution >= 4 is 21.2 Å². The predicted octanol–water partition coefficient (Wildman–Crippen LogP) is 2.91. The summed E-state index contributed by atoms with van der Waals surface area (Å²) < 4.78 is 22.8. The highest BCUT2D eigenvalue weighted by Gasteiger charge is 2.11. The fourth-order valence-corrected chi connectivity index (χ4v) is 2.48. The fraction of sp³-hybridized carbons (Fsp3) is 0.571. The normalized spacial score (nSPS) is 13.5. The molecule has 0 aliphatic heterocycles. The number of nitrogen functional groups attached to an aromatic ring is 1. The van der Waals surface area contributed by atoms with Gasteiger partial charge < -0.3 is 11.1 Å². The van der Waals surface area contributed by atoms with Gasteiger partial charge in [0.1, 0.15) is 0 Å². The topological polar surface area (TPSA) is 72.2 Å². The number of anilines is 2. The van der Waals surface area contributed by atoms with Gasteiger partial charge in [-0.2, -0.15) is 0 Å². The molecule has 0 aliphatic carbocycles. The Morgan fingerprint density at radius 2 is 1.84 bits per heavy atom. The fourth-order valence-electron chi connectivity index (χ4n) is 1.82. The van der Waals surface area contributed by atoms with Crippen molar-refractivity contribution in [3.05, 3.63) is 18.2 Å². The summed E-state index contributed by atoms with van der Waals surface area (Å²) in [5, 5.41) is 3.32. The molecule has 0 heterocycles. The summed E-state index contributed by atoms with van der Waals surface area (Å²) in [5.74, 6) is 0.675. The molecular formula is C14H24N2O2S. The van der Waals surface area contributed by atoms with Gasteiger partial charge in [0.15, 0.2) is 9.84 Å². The Kier molecular flexibility index (Phi) is 5.23. The van der Waals surface area contributed by atoms with Crippen LogP contribution < -0.4 is 11.1 Å². The van der Waals surface area contributed by atoms with Gasteiger partial charge in [-0.25, -0.2) is 8.42 Å². The molecule has 108 valence electrons. The molecule has 0 saturated carbocycles. The van der Waals surface area contributed by atoms with Gasteiger partial charge in [-0.1, -0.05) is 13.8 Å². The Labute approximate surface area is 116 Å². The third-order valence-electron chi connectivity index (χ3n) is 3.03. The molecule has 5 heteroatoms. The molecule has 0 aliphatic rings. The predicted molar refractivity (Wildman–Crippen MR) is 81.1 cm³/mol. The summed E-state index contributed by atoms with van der Waals surface area (Å²) >= 11 is 0. The smallest absolute Gasteiger partial charge is 0.175 e. The Morgan fingerprint density at radius 1 is 1.21 bits per heavy atom. The molecule has 4 nitrogen and oxygen atoms in total. The minimum Gasteiger partial charge on any atom is -0.397 e. The highest BCUT2D eigenvalue weighted by molar-refractivity contribution is 7.90. The molecular weight excluding hydrogens is 260 g/mol. The molecule has 1 atom stereocenters. The Morgan fingerprint density at radius 3 is 2.32 bits per heavy atom. The van der Waals surface area contributed by atoms with Crippen LogP contribution in [0.2, 0.25) is 0 Å². The van der Waals surface area contributed by atoms with Gasteiger partial charge in [-0.05, 0) is 43.9 Å². The molecule has 1 aromatic rings. The number of hydrogen-bond acceptors (Lipinski definition) is 4. The van der Waals surface area contributed by atoms with Gasteiger partial charge in [0.2, 0.25) is 0 Å². The first-order valence-corrected chi connectivity index (χ1v) is 8.45. The lowest BCUT2D eigenvalue weighted by Gasteiger charge is -2.18. The zero-order valence-electron chi connectivity index (χ0n) is 12.1. The highest BCUT2D eigenvalue weighted by Crippen LogP contribution is 2.24. The van der Waals surface area contributed by atoms with E-state index in [0.717, 1.165) is 18.5 Å². The van der Waals surface area contributed by atoms with Gasteiger partial charge in [0.05, 0.1) is 16.3 Å². The van der Waals surface area contributed by atoms with Crippen LogP contribution in [0.3, 0.4) is 0 Å². The van der Waals surface area contributed by atoms with E-state index in [1.165, 1.54) is 12.3 Å². The molecule has 1 aromatic carbocycles. The molecule has 0 bridgehead atoms.